The number of hydrogen-bond donors (Lipinski definition) is 1. The minimum atomic E-state index is 0.00586. The van der Waals surface area contributed by atoms with Crippen molar-refractivity contribution in [3.63, 3.8) is 0 Å². The predicted octanol–water partition coefficient (Wildman–Crippen LogP) is 1.60. The van der Waals surface area contributed by atoms with Gasteiger partial charge in [0.25, 0.3) is 0 Å². The lowest BCUT2D eigenvalue weighted by atomic mass is 9.93. The van der Waals surface area contributed by atoms with Crippen LogP contribution in [-0.2, 0) is 29.1 Å². The number of nitrogen functional groups attached to an aromatic ring is 1. The van der Waals surface area contributed by atoms with Gasteiger partial charge in [-0.05, 0) is 37.3 Å². The molecule has 1 saturated heterocycles. The minimum absolute atomic E-state index is 0.00586. The lowest BCUT2D eigenvalue weighted by Gasteiger charge is -2.36. The summed E-state index contributed by atoms with van der Waals surface area (Å²) in [4.78, 5) is 29.3. The maximum absolute atomic E-state index is 13.0. The number of fused-ring (bicyclic) bond motifs is 1. The van der Waals surface area contributed by atoms with Crippen molar-refractivity contribution in [2.24, 2.45) is 5.92 Å². The molecular weight excluding hydrogens is 354 g/mol. The van der Waals surface area contributed by atoms with Crippen molar-refractivity contribution < 1.29 is 9.59 Å². The van der Waals surface area contributed by atoms with E-state index in [0.717, 1.165) is 31.5 Å². The fourth-order valence-corrected chi connectivity index (χ4v) is 4.24. The highest BCUT2D eigenvalue weighted by molar-refractivity contribution is 5.80. The van der Waals surface area contributed by atoms with Crippen molar-refractivity contribution in [2.75, 3.05) is 25.4 Å². The molecule has 148 valence electrons. The largest absolute Gasteiger partial charge is 0.384 e. The number of benzene rings is 1. The van der Waals surface area contributed by atoms with Gasteiger partial charge in [0.15, 0.2) is 0 Å². The van der Waals surface area contributed by atoms with Crippen LogP contribution in [0.25, 0.3) is 0 Å². The van der Waals surface area contributed by atoms with E-state index in [9.17, 15) is 9.59 Å². The summed E-state index contributed by atoms with van der Waals surface area (Å²) in [5.41, 5.74) is 9.28. The van der Waals surface area contributed by atoms with Gasteiger partial charge in [-0.3, -0.25) is 9.59 Å². The Balaban J connectivity index is 1.31. The number of rotatable bonds is 3. The smallest absolute Gasteiger partial charge is 0.244 e. The van der Waals surface area contributed by atoms with Crippen LogP contribution < -0.4 is 5.73 Å². The number of amides is 2. The van der Waals surface area contributed by atoms with E-state index in [4.69, 9.17) is 5.73 Å². The Hall–Kier alpha value is -2.83. The van der Waals surface area contributed by atoms with Crippen molar-refractivity contribution in [1.82, 2.24) is 19.6 Å². The number of piperidine rings is 1. The first-order valence-corrected chi connectivity index (χ1v) is 9.94. The lowest BCUT2D eigenvalue weighted by molar-refractivity contribution is -0.141. The summed E-state index contributed by atoms with van der Waals surface area (Å²) >= 11 is 0. The third kappa shape index (κ3) is 3.74. The van der Waals surface area contributed by atoms with E-state index in [0.29, 0.717) is 25.5 Å². The van der Waals surface area contributed by atoms with Crippen LogP contribution >= 0.6 is 0 Å². The lowest BCUT2D eigenvalue weighted by Crippen LogP contribution is -2.46. The Kier molecular flexibility index (Phi) is 5.07. The van der Waals surface area contributed by atoms with Gasteiger partial charge in [-0.25, -0.2) is 4.68 Å². The second kappa shape index (κ2) is 7.66. The molecule has 1 aromatic carbocycles. The molecule has 0 radical (unpaired) electrons. The first-order chi connectivity index (χ1) is 13.5. The van der Waals surface area contributed by atoms with Crippen molar-refractivity contribution in [1.29, 1.82) is 0 Å². The molecule has 1 fully saturated rings. The summed E-state index contributed by atoms with van der Waals surface area (Å²) in [6.07, 6.45) is 2.36. The van der Waals surface area contributed by atoms with Crippen molar-refractivity contribution >= 4 is 17.6 Å². The van der Waals surface area contributed by atoms with E-state index in [1.165, 1.54) is 11.1 Å². The first-order valence-electron chi connectivity index (χ1n) is 9.94. The maximum Gasteiger partial charge on any atom is 0.244 e. The van der Waals surface area contributed by atoms with Crippen molar-refractivity contribution in [2.45, 2.75) is 39.3 Å². The Morgan fingerprint density at radius 1 is 1.11 bits per heavy atom. The summed E-state index contributed by atoms with van der Waals surface area (Å²) in [5.74, 6) is 0.744. The van der Waals surface area contributed by atoms with Crippen LogP contribution in [0.15, 0.2) is 30.3 Å². The summed E-state index contributed by atoms with van der Waals surface area (Å²) in [7, 11) is 0. The van der Waals surface area contributed by atoms with Crippen LogP contribution in [0.5, 0.6) is 0 Å². The van der Waals surface area contributed by atoms with Gasteiger partial charge >= 0.3 is 0 Å². The van der Waals surface area contributed by atoms with Crippen LogP contribution in [0, 0.1) is 12.8 Å². The maximum atomic E-state index is 13.0. The van der Waals surface area contributed by atoms with Crippen LogP contribution in [0.3, 0.4) is 0 Å². The van der Waals surface area contributed by atoms with Gasteiger partial charge in [-0.2, -0.15) is 5.10 Å². The number of aryl methyl sites for hydroxylation is 1. The molecule has 4 rings (SSSR count). The molecule has 0 atom stereocenters. The fourth-order valence-electron chi connectivity index (χ4n) is 4.24. The molecule has 2 amide bonds. The van der Waals surface area contributed by atoms with E-state index in [-0.39, 0.29) is 24.3 Å². The van der Waals surface area contributed by atoms with Gasteiger partial charge < -0.3 is 15.5 Å². The molecule has 0 unspecified atom stereocenters. The van der Waals surface area contributed by atoms with E-state index in [2.05, 4.69) is 23.3 Å². The molecule has 2 N–H and O–H groups in total. The Bertz CT molecular complexity index is 883. The van der Waals surface area contributed by atoms with Gasteiger partial charge in [-0.15, -0.1) is 0 Å². The van der Waals surface area contributed by atoms with E-state index in [1.807, 2.05) is 22.8 Å². The van der Waals surface area contributed by atoms with Gasteiger partial charge in [0, 0.05) is 38.2 Å². The molecule has 0 bridgehead atoms. The Labute approximate surface area is 165 Å². The number of nitrogens with two attached hydrogens (primary N) is 1. The Morgan fingerprint density at radius 3 is 2.50 bits per heavy atom. The third-order valence-electron chi connectivity index (χ3n) is 5.86. The SMILES string of the molecule is Cc1cc(N)n(CC(=O)N2CCC(C(=O)N3CCc4ccccc4C3)CC2)n1. The normalized spacial score (nSPS) is 17.5. The monoisotopic (exact) mass is 381 g/mol. The van der Waals surface area contributed by atoms with Crippen LogP contribution in [0.2, 0.25) is 0 Å². The molecule has 0 aliphatic carbocycles. The zero-order valence-corrected chi connectivity index (χ0v) is 16.3. The second-order valence-electron chi connectivity index (χ2n) is 7.80. The van der Waals surface area contributed by atoms with E-state index >= 15 is 0 Å². The first kappa shape index (κ1) is 18.5. The minimum Gasteiger partial charge on any atom is -0.384 e. The van der Waals surface area contributed by atoms with E-state index in [1.54, 1.807) is 10.7 Å². The zero-order chi connectivity index (χ0) is 19.7. The summed E-state index contributed by atoms with van der Waals surface area (Å²) in [6, 6.07) is 10.1. The Morgan fingerprint density at radius 2 is 1.82 bits per heavy atom. The number of likely N-dealkylation sites (tertiary alicyclic amines) is 1. The van der Waals surface area contributed by atoms with Crippen molar-refractivity contribution in [3.05, 3.63) is 47.2 Å². The summed E-state index contributed by atoms with van der Waals surface area (Å²) in [5, 5.41) is 4.25. The summed E-state index contributed by atoms with van der Waals surface area (Å²) < 4.78 is 1.54. The van der Waals surface area contributed by atoms with Gasteiger partial charge in [-0.1, -0.05) is 24.3 Å². The number of carbonyl (C=O) groups is 2. The molecule has 3 heterocycles. The molecule has 2 aliphatic heterocycles. The average Bonchev–Trinajstić information content (AvgIpc) is 3.03. The second-order valence-corrected chi connectivity index (χ2v) is 7.80. The van der Waals surface area contributed by atoms with Crippen molar-refractivity contribution in [3.8, 4) is 0 Å². The van der Waals surface area contributed by atoms with Crippen LogP contribution in [0.1, 0.15) is 29.7 Å². The molecule has 0 saturated carbocycles. The number of anilines is 1. The molecule has 2 aliphatic rings. The quantitative estimate of drug-likeness (QED) is 0.875. The number of aromatic nitrogens is 2. The highest BCUT2D eigenvalue weighted by Gasteiger charge is 2.31. The molecule has 28 heavy (non-hydrogen) atoms. The molecular formula is C21H27N5O2. The highest BCUT2D eigenvalue weighted by Crippen LogP contribution is 2.25. The fraction of sp³-hybridized carbons (Fsp3) is 0.476. The summed E-state index contributed by atoms with van der Waals surface area (Å²) in [6.45, 7) is 4.72. The average molecular weight is 381 g/mol. The topological polar surface area (TPSA) is 84.5 Å². The number of hydrogen-bond acceptors (Lipinski definition) is 4. The third-order valence-corrected chi connectivity index (χ3v) is 5.86. The molecule has 2 aromatic rings. The van der Waals surface area contributed by atoms with Gasteiger partial charge in [0.2, 0.25) is 11.8 Å². The van der Waals surface area contributed by atoms with E-state index < -0.39 is 0 Å². The standard InChI is InChI=1S/C21H27N5O2/c1-15-12-19(22)26(23-15)14-20(27)24-9-7-17(8-10-24)21(28)25-11-6-16-4-2-3-5-18(16)13-25/h2-5,12,17H,6-11,13-14,22H2,1H3. The van der Waals surface area contributed by atoms with Gasteiger partial charge in [0.1, 0.15) is 12.4 Å². The number of nitrogens with zero attached hydrogens (tertiary/aromatic N) is 4. The van der Waals surface area contributed by atoms with Crippen LogP contribution in [0.4, 0.5) is 5.82 Å². The molecule has 0 spiro atoms. The molecule has 1 aromatic heterocycles. The molecule has 7 heteroatoms. The number of carbonyl (C=O) groups excluding carboxylic acids is 2. The highest BCUT2D eigenvalue weighted by atomic mass is 16.2. The van der Waals surface area contributed by atoms with Gasteiger partial charge in [0.05, 0.1) is 5.69 Å². The zero-order valence-electron chi connectivity index (χ0n) is 16.3. The van der Waals surface area contributed by atoms with Crippen LogP contribution in [-0.4, -0.2) is 51.0 Å². The predicted molar refractivity (Wildman–Crippen MR) is 106 cm³/mol. The molecule has 7 nitrogen and oxygen atoms in total.